The van der Waals surface area contributed by atoms with Crippen LogP contribution in [0.2, 0.25) is 0 Å². The number of carboxylic acid groups (broad SMARTS) is 1. The van der Waals surface area contributed by atoms with Crippen molar-refractivity contribution in [3.63, 3.8) is 0 Å². The van der Waals surface area contributed by atoms with Crippen molar-refractivity contribution in [1.29, 1.82) is 5.26 Å². The topological polar surface area (TPSA) is 73.6 Å². The third kappa shape index (κ3) is 3.46. The lowest BCUT2D eigenvalue weighted by molar-refractivity contribution is -0.138. The van der Waals surface area contributed by atoms with Crippen LogP contribution in [0.25, 0.3) is 0 Å². The monoisotopic (exact) mass is 260 g/mol. The van der Waals surface area contributed by atoms with Gasteiger partial charge in [-0.3, -0.25) is 9.69 Å². The maximum Gasteiger partial charge on any atom is 0.317 e. The molecular formula is C14H16N2O3. The second kappa shape index (κ2) is 5.72. The number of methoxy groups -OCH3 is 1. The van der Waals surface area contributed by atoms with Crippen molar-refractivity contribution in [2.75, 3.05) is 13.7 Å². The van der Waals surface area contributed by atoms with Crippen molar-refractivity contribution in [3.8, 4) is 11.8 Å². The molecule has 0 spiro atoms. The highest BCUT2D eigenvalue weighted by molar-refractivity contribution is 5.69. The van der Waals surface area contributed by atoms with Crippen LogP contribution in [-0.2, 0) is 11.3 Å². The summed E-state index contributed by atoms with van der Waals surface area (Å²) in [6.07, 6.45) is 2.11. The van der Waals surface area contributed by atoms with Crippen LogP contribution >= 0.6 is 0 Å². The van der Waals surface area contributed by atoms with Crippen LogP contribution in [0, 0.1) is 11.3 Å². The summed E-state index contributed by atoms with van der Waals surface area (Å²) in [5.41, 5.74) is 1.45. The van der Waals surface area contributed by atoms with Crippen LogP contribution in [0.15, 0.2) is 18.2 Å². The Morgan fingerprint density at radius 2 is 2.32 bits per heavy atom. The van der Waals surface area contributed by atoms with Gasteiger partial charge >= 0.3 is 5.97 Å². The van der Waals surface area contributed by atoms with Crippen LogP contribution < -0.4 is 4.74 Å². The number of aliphatic carboxylic acids is 1. The van der Waals surface area contributed by atoms with Crippen molar-refractivity contribution in [3.05, 3.63) is 29.3 Å². The zero-order valence-corrected chi connectivity index (χ0v) is 10.8. The first-order valence-corrected chi connectivity index (χ1v) is 6.17. The molecule has 0 bridgehead atoms. The molecule has 0 radical (unpaired) electrons. The Balaban J connectivity index is 2.12. The first-order valence-electron chi connectivity index (χ1n) is 6.17. The molecule has 1 N–H and O–H groups in total. The second-order valence-electron chi connectivity index (χ2n) is 4.68. The minimum Gasteiger partial charge on any atom is -0.495 e. The van der Waals surface area contributed by atoms with Gasteiger partial charge in [-0.1, -0.05) is 6.07 Å². The quantitative estimate of drug-likeness (QED) is 0.841. The van der Waals surface area contributed by atoms with Gasteiger partial charge in [-0.2, -0.15) is 5.26 Å². The van der Waals surface area contributed by atoms with E-state index in [0.29, 0.717) is 23.9 Å². The summed E-state index contributed by atoms with van der Waals surface area (Å²) < 4.78 is 5.16. The van der Waals surface area contributed by atoms with E-state index < -0.39 is 5.97 Å². The van der Waals surface area contributed by atoms with Crippen LogP contribution in [0.3, 0.4) is 0 Å². The number of hydrogen-bond acceptors (Lipinski definition) is 4. The van der Waals surface area contributed by atoms with Crippen LogP contribution in [-0.4, -0.2) is 35.7 Å². The maximum atomic E-state index is 10.8. The molecule has 1 aliphatic carbocycles. The molecule has 5 nitrogen and oxygen atoms in total. The number of hydrogen-bond donors (Lipinski definition) is 1. The molecule has 0 saturated heterocycles. The van der Waals surface area contributed by atoms with Crippen molar-refractivity contribution in [2.24, 2.45) is 0 Å². The molecule has 19 heavy (non-hydrogen) atoms. The Morgan fingerprint density at radius 1 is 1.58 bits per heavy atom. The molecule has 0 unspecified atom stereocenters. The van der Waals surface area contributed by atoms with Gasteiger partial charge in [-0.15, -0.1) is 0 Å². The second-order valence-corrected chi connectivity index (χ2v) is 4.68. The summed E-state index contributed by atoms with van der Waals surface area (Å²) in [7, 11) is 1.52. The zero-order chi connectivity index (χ0) is 13.8. The Bertz CT molecular complexity index is 518. The number of nitriles is 1. The van der Waals surface area contributed by atoms with Crippen LogP contribution in [0.5, 0.6) is 5.75 Å². The van der Waals surface area contributed by atoms with E-state index in [4.69, 9.17) is 15.1 Å². The fourth-order valence-corrected chi connectivity index (χ4v) is 2.09. The minimum absolute atomic E-state index is 0.0486. The van der Waals surface area contributed by atoms with Gasteiger partial charge in [-0.25, -0.2) is 0 Å². The summed E-state index contributed by atoms with van der Waals surface area (Å²) in [6.45, 7) is 0.617. The van der Waals surface area contributed by atoms with Crippen LogP contribution in [0.1, 0.15) is 24.0 Å². The lowest BCUT2D eigenvalue weighted by Crippen LogP contribution is -2.31. The fraction of sp³-hybridized carbons (Fsp3) is 0.429. The minimum atomic E-state index is -0.812. The van der Waals surface area contributed by atoms with E-state index >= 15 is 0 Å². The molecule has 2 rings (SSSR count). The van der Waals surface area contributed by atoms with E-state index in [1.165, 1.54) is 7.11 Å². The Morgan fingerprint density at radius 3 is 2.84 bits per heavy atom. The predicted molar refractivity (Wildman–Crippen MR) is 68.8 cm³/mol. The lowest BCUT2D eigenvalue weighted by atomic mass is 10.1. The summed E-state index contributed by atoms with van der Waals surface area (Å²) in [5, 5.41) is 17.8. The molecule has 1 aliphatic rings. The molecule has 0 amide bonds. The van der Waals surface area contributed by atoms with E-state index in [9.17, 15) is 4.79 Å². The first kappa shape index (κ1) is 13.4. The summed E-state index contributed by atoms with van der Waals surface area (Å²) in [6, 6.07) is 7.79. The number of rotatable bonds is 6. The third-order valence-corrected chi connectivity index (χ3v) is 3.17. The summed E-state index contributed by atoms with van der Waals surface area (Å²) in [4.78, 5) is 12.8. The molecule has 1 fully saturated rings. The Labute approximate surface area is 112 Å². The molecular weight excluding hydrogens is 244 g/mol. The standard InChI is InChI=1S/C14H16N2O3/c1-19-13-6-10(2-3-11(13)7-15)8-16(9-14(17)18)12-4-5-12/h2-3,6,12H,4-5,8-9H2,1H3,(H,17,18). The Kier molecular flexibility index (Phi) is 4.03. The highest BCUT2D eigenvalue weighted by Gasteiger charge is 2.30. The van der Waals surface area contributed by atoms with Gasteiger partial charge < -0.3 is 9.84 Å². The van der Waals surface area contributed by atoms with Crippen molar-refractivity contribution < 1.29 is 14.6 Å². The molecule has 5 heteroatoms. The average molecular weight is 260 g/mol. The van der Waals surface area contributed by atoms with Crippen molar-refractivity contribution >= 4 is 5.97 Å². The molecule has 0 heterocycles. The first-order chi connectivity index (χ1) is 9.13. The predicted octanol–water partition coefficient (Wildman–Crippen LogP) is 1.62. The molecule has 0 atom stereocenters. The number of nitrogens with zero attached hydrogens (tertiary/aromatic N) is 2. The average Bonchev–Trinajstić information content (AvgIpc) is 3.21. The van der Waals surface area contributed by atoms with Gasteiger partial charge in [-0.05, 0) is 30.5 Å². The van der Waals surface area contributed by atoms with Gasteiger partial charge in [0, 0.05) is 12.6 Å². The third-order valence-electron chi connectivity index (χ3n) is 3.17. The smallest absolute Gasteiger partial charge is 0.317 e. The van der Waals surface area contributed by atoms with Crippen molar-refractivity contribution in [1.82, 2.24) is 4.90 Å². The van der Waals surface area contributed by atoms with E-state index in [2.05, 4.69) is 6.07 Å². The number of carboxylic acids is 1. The molecule has 1 aromatic carbocycles. The fourth-order valence-electron chi connectivity index (χ4n) is 2.09. The van der Waals surface area contributed by atoms with Gasteiger partial charge in [0.25, 0.3) is 0 Å². The van der Waals surface area contributed by atoms with E-state index in [1.807, 2.05) is 11.0 Å². The molecule has 0 aliphatic heterocycles. The highest BCUT2D eigenvalue weighted by Crippen LogP contribution is 2.29. The van der Waals surface area contributed by atoms with E-state index in [-0.39, 0.29) is 6.54 Å². The Hall–Kier alpha value is -2.06. The summed E-state index contributed by atoms with van der Waals surface area (Å²) >= 11 is 0. The SMILES string of the molecule is COc1cc(CN(CC(=O)O)C2CC2)ccc1C#N. The number of benzene rings is 1. The molecule has 1 saturated carbocycles. The number of carbonyl (C=O) groups is 1. The number of ether oxygens (including phenoxy) is 1. The molecule has 100 valence electrons. The van der Waals surface area contributed by atoms with E-state index in [1.54, 1.807) is 12.1 Å². The van der Waals surface area contributed by atoms with Gasteiger partial charge in [0.1, 0.15) is 11.8 Å². The van der Waals surface area contributed by atoms with Gasteiger partial charge in [0.15, 0.2) is 0 Å². The van der Waals surface area contributed by atoms with Gasteiger partial charge in [0.05, 0.1) is 19.2 Å². The van der Waals surface area contributed by atoms with Gasteiger partial charge in [0.2, 0.25) is 0 Å². The molecule has 1 aromatic rings. The van der Waals surface area contributed by atoms with Crippen LogP contribution in [0.4, 0.5) is 0 Å². The van der Waals surface area contributed by atoms with E-state index in [0.717, 1.165) is 18.4 Å². The zero-order valence-electron chi connectivity index (χ0n) is 10.8. The van der Waals surface area contributed by atoms with Crippen molar-refractivity contribution in [2.45, 2.75) is 25.4 Å². The lowest BCUT2D eigenvalue weighted by Gasteiger charge is -2.20. The normalized spacial score (nSPS) is 14.2. The largest absolute Gasteiger partial charge is 0.495 e. The maximum absolute atomic E-state index is 10.8. The summed E-state index contributed by atoms with van der Waals surface area (Å²) in [5.74, 6) is -0.279. The molecule has 0 aromatic heterocycles. The highest BCUT2D eigenvalue weighted by atomic mass is 16.5.